The standard InChI is InChI=1S/C21H25F2N5/c1-21(2,3)18-4-5-19-24-25-20(28(19)26-18)15-6-8-27(9-7-15)13-14-10-16(22)12-17(23)11-14/h4-5,10-12,15H,6-9,13H2,1-3H3. The van der Waals surface area contributed by atoms with E-state index in [9.17, 15) is 8.78 Å². The van der Waals surface area contributed by atoms with Gasteiger partial charge >= 0.3 is 0 Å². The van der Waals surface area contributed by atoms with E-state index in [4.69, 9.17) is 5.10 Å². The van der Waals surface area contributed by atoms with E-state index < -0.39 is 11.6 Å². The molecule has 0 bridgehead atoms. The number of nitrogens with zero attached hydrogens (tertiary/aromatic N) is 5. The number of aromatic nitrogens is 4. The zero-order chi connectivity index (χ0) is 19.9. The molecule has 2 aromatic heterocycles. The average molecular weight is 385 g/mol. The van der Waals surface area contributed by atoms with Gasteiger partial charge in [0.1, 0.15) is 11.6 Å². The van der Waals surface area contributed by atoms with Gasteiger partial charge in [-0.25, -0.2) is 8.78 Å². The molecule has 0 aliphatic carbocycles. The van der Waals surface area contributed by atoms with Crippen LogP contribution in [0.15, 0.2) is 30.3 Å². The minimum atomic E-state index is -0.527. The first-order valence-electron chi connectivity index (χ1n) is 9.70. The second kappa shape index (κ2) is 7.20. The van der Waals surface area contributed by atoms with Crippen LogP contribution in [0.5, 0.6) is 0 Å². The van der Waals surface area contributed by atoms with Crippen molar-refractivity contribution in [1.82, 2.24) is 24.7 Å². The molecule has 3 aromatic rings. The topological polar surface area (TPSA) is 46.3 Å². The van der Waals surface area contributed by atoms with Crippen LogP contribution < -0.4 is 0 Å². The zero-order valence-corrected chi connectivity index (χ0v) is 16.5. The fourth-order valence-corrected chi connectivity index (χ4v) is 3.77. The molecule has 0 saturated carbocycles. The number of fused-ring (bicyclic) bond motifs is 1. The fourth-order valence-electron chi connectivity index (χ4n) is 3.77. The highest BCUT2D eigenvalue weighted by molar-refractivity contribution is 5.38. The SMILES string of the molecule is CC(C)(C)c1ccc2nnc(C3CCN(Cc4cc(F)cc(F)c4)CC3)n2n1. The maximum absolute atomic E-state index is 13.4. The minimum Gasteiger partial charge on any atom is -0.299 e. The number of likely N-dealkylation sites (tertiary alicyclic amines) is 1. The number of benzene rings is 1. The van der Waals surface area contributed by atoms with Crippen LogP contribution in [0.4, 0.5) is 8.78 Å². The third-order valence-corrected chi connectivity index (χ3v) is 5.34. The molecule has 4 rings (SSSR count). The van der Waals surface area contributed by atoms with Crippen LogP contribution in [0.1, 0.15) is 56.6 Å². The summed E-state index contributed by atoms with van der Waals surface area (Å²) in [5.74, 6) is 0.122. The summed E-state index contributed by atoms with van der Waals surface area (Å²) >= 11 is 0. The van der Waals surface area contributed by atoms with Gasteiger partial charge < -0.3 is 0 Å². The third kappa shape index (κ3) is 3.90. The second-order valence-corrected chi connectivity index (χ2v) is 8.62. The summed E-state index contributed by atoms with van der Waals surface area (Å²) in [6.45, 7) is 8.65. The molecule has 1 saturated heterocycles. The number of piperidine rings is 1. The molecule has 7 heteroatoms. The lowest BCUT2D eigenvalue weighted by Gasteiger charge is -2.31. The van der Waals surface area contributed by atoms with Crippen LogP contribution in [0.2, 0.25) is 0 Å². The predicted molar refractivity (Wildman–Crippen MR) is 103 cm³/mol. The van der Waals surface area contributed by atoms with Gasteiger partial charge in [0, 0.05) is 23.9 Å². The summed E-state index contributed by atoms with van der Waals surface area (Å²) in [6.07, 6.45) is 1.83. The Labute approximate surface area is 163 Å². The Hall–Kier alpha value is -2.41. The molecule has 0 spiro atoms. The van der Waals surface area contributed by atoms with E-state index in [2.05, 4.69) is 35.9 Å². The number of halogens is 2. The molecule has 1 aliphatic rings. The molecule has 0 radical (unpaired) electrons. The lowest BCUT2D eigenvalue weighted by Crippen LogP contribution is -2.33. The Kier molecular flexibility index (Phi) is 4.87. The first kappa shape index (κ1) is 18.9. The van der Waals surface area contributed by atoms with E-state index in [1.807, 2.05) is 16.6 Å². The van der Waals surface area contributed by atoms with Gasteiger partial charge in [-0.15, -0.1) is 10.2 Å². The molecule has 28 heavy (non-hydrogen) atoms. The molecule has 0 amide bonds. The van der Waals surface area contributed by atoms with E-state index in [0.717, 1.165) is 49.2 Å². The first-order valence-corrected chi connectivity index (χ1v) is 9.70. The summed E-state index contributed by atoms with van der Waals surface area (Å²) < 4.78 is 28.7. The monoisotopic (exact) mass is 385 g/mol. The van der Waals surface area contributed by atoms with E-state index in [-0.39, 0.29) is 11.3 Å². The van der Waals surface area contributed by atoms with Gasteiger partial charge in [-0.05, 0) is 55.8 Å². The maximum atomic E-state index is 13.4. The van der Waals surface area contributed by atoms with Crippen LogP contribution in [-0.2, 0) is 12.0 Å². The van der Waals surface area contributed by atoms with Crippen LogP contribution in [0, 0.1) is 11.6 Å². The molecule has 1 aliphatic heterocycles. The molecule has 1 aromatic carbocycles. The van der Waals surface area contributed by atoms with Crippen molar-refractivity contribution in [3.8, 4) is 0 Å². The molecule has 0 N–H and O–H groups in total. The van der Waals surface area contributed by atoms with Crippen LogP contribution in [0.25, 0.3) is 5.65 Å². The van der Waals surface area contributed by atoms with Crippen molar-refractivity contribution in [2.75, 3.05) is 13.1 Å². The number of hydrogen-bond acceptors (Lipinski definition) is 4. The lowest BCUT2D eigenvalue weighted by molar-refractivity contribution is 0.200. The van der Waals surface area contributed by atoms with Crippen molar-refractivity contribution in [2.24, 2.45) is 0 Å². The van der Waals surface area contributed by atoms with Crippen molar-refractivity contribution in [3.05, 3.63) is 59.0 Å². The minimum absolute atomic E-state index is 0.0423. The Morgan fingerprint density at radius 2 is 1.68 bits per heavy atom. The van der Waals surface area contributed by atoms with Gasteiger partial charge in [-0.2, -0.15) is 9.61 Å². The van der Waals surface area contributed by atoms with Gasteiger partial charge in [-0.3, -0.25) is 4.90 Å². The van der Waals surface area contributed by atoms with E-state index in [0.29, 0.717) is 12.1 Å². The van der Waals surface area contributed by atoms with E-state index >= 15 is 0 Å². The summed E-state index contributed by atoms with van der Waals surface area (Å²) in [4.78, 5) is 2.22. The van der Waals surface area contributed by atoms with Gasteiger partial charge in [-0.1, -0.05) is 20.8 Å². The van der Waals surface area contributed by atoms with Gasteiger partial charge in [0.05, 0.1) is 5.69 Å². The maximum Gasteiger partial charge on any atom is 0.177 e. The highest BCUT2D eigenvalue weighted by atomic mass is 19.1. The summed E-state index contributed by atoms with van der Waals surface area (Å²) in [7, 11) is 0. The van der Waals surface area contributed by atoms with E-state index in [1.165, 1.54) is 12.1 Å². The largest absolute Gasteiger partial charge is 0.299 e. The zero-order valence-electron chi connectivity index (χ0n) is 16.5. The highest BCUT2D eigenvalue weighted by Crippen LogP contribution is 2.28. The van der Waals surface area contributed by atoms with Gasteiger partial charge in [0.25, 0.3) is 0 Å². The van der Waals surface area contributed by atoms with Crippen molar-refractivity contribution in [3.63, 3.8) is 0 Å². The summed E-state index contributed by atoms with van der Waals surface area (Å²) in [6, 6.07) is 7.69. The predicted octanol–water partition coefficient (Wildman–Crippen LogP) is 4.08. The van der Waals surface area contributed by atoms with Crippen LogP contribution in [-0.4, -0.2) is 37.8 Å². The summed E-state index contributed by atoms with van der Waals surface area (Å²) in [5, 5.41) is 13.5. The number of hydrogen-bond donors (Lipinski definition) is 0. The van der Waals surface area contributed by atoms with Gasteiger partial charge in [0.2, 0.25) is 0 Å². The quantitative estimate of drug-likeness (QED) is 0.682. The molecule has 0 unspecified atom stereocenters. The Balaban J connectivity index is 1.47. The van der Waals surface area contributed by atoms with Crippen molar-refractivity contribution >= 4 is 5.65 Å². The summed E-state index contributed by atoms with van der Waals surface area (Å²) in [5.41, 5.74) is 2.40. The Morgan fingerprint density at radius 1 is 1.00 bits per heavy atom. The lowest BCUT2D eigenvalue weighted by atomic mass is 9.92. The molecule has 0 atom stereocenters. The van der Waals surface area contributed by atoms with E-state index in [1.54, 1.807) is 0 Å². The second-order valence-electron chi connectivity index (χ2n) is 8.62. The highest BCUT2D eigenvalue weighted by Gasteiger charge is 2.26. The smallest absolute Gasteiger partial charge is 0.177 e. The average Bonchev–Trinajstić information content (AvgIpc) is 3.04. The Morgan fingerprint density at radius 3 is 2.32 bits per heavy atom. The van der Waals surface area contributed by atoms with Crippen LogP contribution >= 0.6 is 0 Å². The Bertz CT molecular complexity index is 964. The van der Waals surface area contributed by atoms with Crippen molar-refractivity contribution in [1.29, 1.82) is 0 Å². The third-order valence-electron chi connectivity index (χ3n) is 5.34. The van der Waals surface area contributed by atoms with Gasteiger partial charge in [0.15, 0.2) is 11.5 Å². The molecule has 3 heterocycles. The normalized spacial score (nSPS) is 16.8. The molecular formula is C21H25F2N5. The molecule has 1 fully saturated rings. The molecule has 5 nitrogen and oxygen atoms in total. The first-order chi connectivity index (χ1) is 13.3. The number of rotatable bonds is 3. The molecular weight excluding hydrogens is 360 g/mol. The van der Waals surface area contributed by atoms with Crippen molar-refractivity contribution < 1.29 is 8.78 Å². The fraction of sp³-hybridized carbons (Fsp3) is 0.476. The molecule has 148 valence electrons. The van der Waals surface area contributed by atoms with Crippen LogP contribution in [0.3, 0.4) is 0 Å². The van der Waals surface area contributed by atoms with Crippen molar-refractivity contribution in [2.45, 2.75) is 51.5 Å².